The Morgan fingerprint density at radius 2 is 2.11 bits per heavy atom. The van der Waals surface area contributed by atoms with Gasteiger partial charge in [-0.05, 0) is 30.3 Å². The summed E-state index contributed by atoms with van der Waals surface area (Å²) in [5.74, 6) is 0.432. The van der Waals surface area contributed by atoms with E-state index in [4.69, 9.17) is 4.42 Å². The van der Waals surface area contributed by atoms with E-state index in [1.807, 2.05) is 0 Å². The standard InChI is InChI=1S/C17H12F3N5O3/c18-17(19,20)28-10-4-3-9-6-12(22-11(9)7-10)16(26)21-8-14-23-15(25-24-14)13-2-1-5-27-13/h1-7,22H,8H2,(H,21,26)(H,23,24,25). The summed E-state index contributed by atoms with van der Waals surface area (Å²) in [5.41, 5.74) is 0.525. The second kappa shape index (κ2) is 6.76. The molecule has 0 aliphatic rings. The predicted octanol–water partition coefficient (Wildman–Crippen LogP) is 3.37. The van der Waals surface area contributed by atoms with E-state index < -0.39 is 12.3 Å². The van der Waals surface area contributed by atoms with Crippen molar-refractivity contribution in [3.63, 3.8) is 0 Å². The van der Waals surface area contributed by atoms with Crippen molar-refractivity contribution in [1.82, 2.24) is 25.5 Å². The monoisotopic (exact) mass is 391 g/mol. The third-order valence-electron chi connectivity index (χ3n) is 3.76. The maximum absolute atomic E-state index is 12.3. The molecule has 0 saturated carbocycles. The van der Waals surface area contributed by atoms with Crippen LogP contribution in [0.1, 0.15) is 16.3 Å². The van der Waals surface area contributed by atoms with Crippen molar-refractivity contribution in [1.29, 1.82) is 0 Å². The number of halogens is 3. The van der Waals surface area contributed by atoms with Crippen LogP contribution in [0.2, 0.25) is 0 Å². The zero-order valence-electron chi connectivity index (χ0n) is 14.0. The highest BCUT2D eigenvalue weighted by Crippen LogP contribution is 2.26. The molecule has 1 amide bonds. The fraction of sp³-hybridized carbons (Fsp3) is 0.118. The van der Waals surface area contributed by atoms with Gasteiger partial charge in [-0.15, -0.1) is 18.3 Å². The number of hydrogen-bond acceptors (Lipinski definition) is 5. The molecule has 8 nitrogen and oxygen atoms in total. The summed E-state index contributed by atoms with van der Waals surface area (Å²) < 4.78 is 46.0. The molecule has 3 N–H and O–H groups in total. The van der Waals surface area contributed by atoms with E-state index in [1.54, 1.807) is 12.1 Å². The minimum absolute atomic E-state index is 0.0738. The van der Waals surface area contributed by atoms with E-state index in [-0.39, 0.29) is 18.0 Å². The van der Waals surface area contributed by atoms with Crippen LogP contribution < -0.4 is 10.1 Å². The molecule has 1 aromatic carbocycles. The number of ether oxygens (including phenoxy) is 1. The van der Waals surface area contributed by atoms with E-state index in [2.05, 4.69) is 30.2 Å². The first kappa shape index (κ1) is 17.6. The summed E-state index contributed by atoms with van der Waals surface area (Å²) in [4.78, 5) is 19.3. The maximum Gasteiger partial charge on any atom is 0.573 e. The number of nitrogens with zero attached hydrogens (tertiary/aromatic N) is 2. The molecule has 0 atom stereocenters. The summed E-state index contributed by atoms with van der Waals surface area (Å²) in [6, 6.07) is 8.70. The van der Waals surface area contributed by atoms with Crippen LogP contribution in [0.3, 0.4) is 0 Å². The van der Waals surface area contributed by atoms with Gasteiger partial charge in [0.15, 0.2) is 5.76 Å². The van der Waals surface area contributed by atoms with E-state index in [9.17, 15) is 18.0 Å². The Bertz CT molecular complexity index is 1110. The molecule has 144 valence electrons. The first-order valence-electron chi connectivity index (χ1n) is 7.99. The molecule has 4 rings (SSSR count). The molecule has 0 bridgehead atoms. The minimum Gasteiger partial charge on any atom is -0.461 e. The summed E-state index contributed by atoms with van der Waals surface area (Å²) in [6.07, 6.45) is -3.29. The van der Waals surface area contributed by atoms with Gasteiger partial charge in [-0.25, -0.2) is 4.98 Å². The molecule has 0 fully saturated rings. The van der Waals surface area contributed by atoms with Crippen molar-refractivity contribution >= 4 is 16.8 Å². The second-order valence-electron chi connectivity index (χ2n) is 5.75. The number of furan rings is 1. The Hall–Kier alpha value is -3.76. The molecule has 0 saturated heterocycles. The average molecular weight is 391 g/mol. The van der Waals surface area contributed by atoms with Crippen molar-refractivity contribution in [2.75, 3.05) is 0 Å². The Morgan fingerprint density at radius 3 is 2.86 bits per heavy atom. The number of aromatic amines is 2. The van der Waals surface area contributed by atoms with E-state index in [0.29, 0.717) is 28.3 Å². The van der Waals surface area contributed by atoms with Crippen LogP contribution in [0, 0.1) is 0 Å². The predicted molar refractivity (Wildman–Crippen MR) is 90.2 cm³/mol. The normalized spacial score (nSPS) is 11.7. The van der Waals surface area contributed by atoms with Crippen LogP contribution in [-0.2, 0) is 6.54 Å². The van der Waals surface area contributed by atoms with Gasteiger partial charge in [-0.1, -0.05) is 0 Å². The van der Waals surface area contributed by atoms with Crippen LogP contribution in [0.25, 0.3) is 22.5 Å². The van der Waals surface area contributed by atoms with Crippen LogP contribution in [0.4, 0.5) is 13.2 Å². The van der Waals surface area contributed by atoms with Crippen LogP contribution in [-0.4, -0.2) is 32.4 Å². The molecular formula is C17H12F3N5O3. The van der Waals surface area contributed by atoms with Crippen molar-refractivity contribution in [2.24, 2.45) is 0 Å². The Kier molecular flexibility index (Phi) is 4.26. The molecule has 0 aliphatic carbocycles. The van der Waals surface area contributed by atoms with E-state index in [1.165, 1.54) is 30.5 Å². The lowest BCUT2D eigenvalue weighted by Gasteiger charge is -2.08. The fourth-order valence-electron chi connectivity index (χ4n) is 2.58. The van der Waals surface area contributed by atoms with Crippen LogP contribution >= 0.6 is 0 Å². The summed E-state index contributed by atoms with van der Waals surface area (Å²) >= 11 is 0. The van der Waals surface area contributed by atoms with E-state index >= 15 is 0 Å². The van der Waals surface area contributed by atoms with Crippen molar-refractivity contribution in [3.05, 3.63) is 54.2 Å². The number of rotatable bonds is 5. The lowest BCUT2D eigenvalue weighted by Crippen LogP contribution is -2.23. The SMILES string of the molecule is O=C(NCc1nc(-c2ccco2)n[nH]1)c1cc2ccc(OC(F)(F)F)cc2[nH]1. The van der Waals surface area contributed by atoms with Crippen molar-refractivity contribution < 1.29 is 27.1 Å². The number of aromatic nitrogens is 4. The molecule has 0 radical (unpaired) electrons. The number of hydrogen-bond donors (Lipinski definition) is 3. The highest BCUT2D eigenvalue weighted by Gasteiger charge is 2.31. The summed E-state index contributed by atoms with van der Waals surface area (Å²) in [7, 11) is 0. The zero-order valence-corrected chi connectivity index (χ0v) is 14.0. The average Bonchev–Trinajstić information content (AvgIpc) is 3.36. The van der Waals surface area contributed by atoms with Gasteiger partial charge in [0.05, 0.1) is 12.8 Å². The minimum atomic E-state index is -4.79. The Morgan fingerprint density at radius 1 is 1.25 bits per heavy atom. The molecule has 0 aliphatic heterocycles. The molecule has 0 unspecified atom stereocenters. The van der Waals surface area contributed by atoms with Gasteiger partial charge in [0, 0.05) is 17.0 Å². The van der Waals surface area contributed by atoms with E-state index in [0.717, 1.165) is 0 Å². The lowest BCUT2D eigenvalue weighted by atomic mass is 10.2. The number of carbonyl (C=O) groups is 1. The molecule has 4 aromatic rings. The summed E-state index contributed by atoms with van der Waals surface area (Å²) in [6.45, 7) is 0.0738. The first-order chi connectivity index (χ1) is 13.4. The fourth-order valence-corrected chi connectivity index (χ4v) is 2.58. The first-order valence-corrected chi connectivity index (χ1v) is 7.99. The molecule has 0 spiro atoms. The topological polar surface area (TPSA) is 109 Å². The van der Waals surface area contributed by atoms with Gasteiger partial charge < -0.3 is 19.5 Å². The van der Waals surface area contributed by atoms with Crippen molar-refractivity contribution in [2.45, 2.75) is 12.9 Å². The Labute approximate surface area is 154 Å². The highest BCUT2D eigenvalue weighted by molar-refractivity contribution is 5.98. The number of H-pyrrole nitrogens is 2. The van der Waals surface area contributed by atoms with Gasteiger partial charge in [0.2, 0.25) is 5.82 Å². The second-order valence-corrected chi connectivity index (χ2v) is 5.75. The third kappa shape index (κ3) is 3.82. The third-order valence-corrected chi connectivity index (χ3v) is 3.76. The number of amides is 1. The van der Waals surface area contributed by atoms with Gasteiger partial charge in [-0.2, -0.15) is 0 Å². The van der Waals surface area contributed by atoms with Gasteiger partial charge in [-0.3, -0.25) is 9.89 Å². The molecule has 3 heterocycles. The number of nitrogens with one attached hydrogen (secondary N) is 3. The maximum atomic E-state index is 12.3. The molecule has 28 heavy (non-hydrogen) atoms. The number of fused-ring (bicyclic) bond motifs is 1. The van der Waals surface area contributed by atoms with Crippen molar-refractivity contribution in [3.8, 4) is 17.3 Å². The quantitative estimate of drug-likeness (QED) is 0.483. The van der Waals surface area contributed by atoms with Crippen LogP contribution in [0.15, 0.2) is 47.1 Å². The lowest BCUT2D eigenvalue weighted by molar-refractivity contribution is -0.274. The Balaban J connectivity index is 1.44. The largest absolute Gasteiger partial charge is 0.573 e. The summed E-state index contributed by atoms with van der Waals surface area (Å²) in [5, 5.41) is 9.89. The molecule has 3 aromatic heterocycles. The molecular weight excluding hydrogens is 379 g/mol. The van der Waals surface area contributed by atoms with Crippen LogP contribution in [0.5, 0.6) is 5.75 Å². The number of benzene rings is 1. The van der Waals surface area contributed by atoms with Gasteiger partial charge in [0.25, 0.3) is 5.91 Å². The van der Waals surface area contributed by atoms with Gasteiger partial charge >= 0.3 is 6.36 Å². The number of alkyl halides is 3. The highest BCUT2D eigenvalue weighted by atomic mass is 19.4. The number of carbonyl (C=O) groups excluding carboxylic acids is 1. The molecule has 11 heteroatoms. The van der Waals surface area contributed by atoms with Gasteiger partial charge in [0.1, 0.15) is 17.3 Å². The smallest absolute Gasteiger partial charge is 0.461 e. The zero-order chi connectivity index (χ0) is 19.7.